The van der Waals surface area contributed by atoms with Crippen LogP contribution in [0, 0.1) is 0 Å². The predicted molar refractivity (Wildman–Crippen MR) is 104 cm³/mol. The van der Waals surface area contributed by atoms with Gasteiger partial charge in [0.1, 0.15) is 7.05 Å². The van der Waals surface area contributed by atoms with Crippen LogP contribution in [0.25, 0.3) is 17.0 Å². The molecule has 5 heteroatoms. The summed E-state index contributed by atoms with van der Waals surface area (Å²) in [5.74, 6) is 0. The van der Waals surface area contributed by atoms with E-state index in [1.54, 1.807) is 11.8 Å². The summed E-state index contributed by atoms with van der Waals surface area (Å²) < 4.78 is 2.14. The Kier molecular flexibility index (Phi) is 3.95. The molecule has 3 aromatic rings. The van der Waals surface area contributed by atoms with Crippen LogP contribution in [-0.4, -0.2) is 7.05 Å². The summed E-state index contributed by atoms with van der Waals surface area (Å²) >= 11 is 14.1. The molecule has 1 aromatic heterocycles. The van der Waals surface area contributed by atoms with Crippen LogP contribution < -0.4 is 9.47 Å². The van der Waals surface area contributed by atoms with Gasteiger partial charge in [-0.3, -0.25) is 0 Å². The van der Waals surface area contributed by atoms with Gasteiger partial charge in [0.05, 0.1) is 20.8 Å². The van der Waals surface area contributed by atoms with E-state index < -0.39 is 0 Å². The second kappa shape index (κ2) is 5.99. The van der Waals surface area contributed by atoms with Crippen LogP contribution in [0.2, 0.25) is 10.0 Å². The van der Waals surface area contributed by atoms with Crippen molar-refractivity contribution in [2.24, 2.45) is 7.05 Å². The van der Waals surface area contributed by atoms with Crippen molar-refractivity contribution in [3.8, 4) is 0 Å². The number of thioether (sulfide) groups is 1. The van der Waals surface area contributed by atoms with Crippen molar-refractivity contribution < 1.29 is 4.57 Å². The van der Waals surface area contributed by atoms with Crippen LogP contribution in [-0.2, 0) is 7.05 Å². The number of pyridine rings is 1. The number of benzene rings is 2. The van der Waals surface area contributed by atoms with Crippen LogP contribution in [0.1, 0.15) is 5.69 Å². The van der Waals surface area contributed by atoms with Gasteiger partial charge in [-0.15, -0.1) is 0 Å². The molecule has 2 nitrogen and oxygen atoms in total. The number of fused-ring (bicyclic) bond motifs is 2. The van der Waals surface area contributed by atoms with E-state index in [-0.39, 0.29) is 0 Å². The molecule has 0 saturated heterocycles. The molecule has 24 heavy (non-hydrogen) atoms. The largest absolute Gasteiger partial charge is 0.338 e. The van der Waals surface area contributed by atoms with E-state index in [2.05, 4.69) is 59.0 Å². The first-order valence-electron chi connectivity index (χ1n) is 7.55. The number of aromatic nitrogens is 1. The lowest BCUT2D eigenvalue weighted by Crippen LogP contribution is -2.33. The second-order valence-electron chi connectivity index (χ2n) is 5.75. The summed E-state index contributed by atoms with van der Waals surface area (Å²) in [4.78, 5) is 3.50. The second-order valence-corrected chi connectivity index (χ2v) is 7.63. The molecule has 0 aliphatic carbocycles. The zero-order valence-electron chi connectivity index (χ0n) is 13.3. The Morgan fingerprint density at radius 2 is 1.79 bits per heavy atom. The van der Waals surface area contributed by atoms with Crippen molar-refractivity contribution in [3.63, 3.8) is 0 Å². The monoisotopic (exact) mass is 373 g/mol. The highest BCUT2D eigenvalue weighted by molar-refractivity contribution is 8.03. The first-order valence-corrected chi connectivity index (χ1v) is 9.12. The maximum atomic E-state index is 6.19. The Morgan fingerprint density at radius 3 is 2.58 bits per heavy atom. The average Bonchev–Trinajstić information content (AvgIpc) is 2.89. The first-order chi connectivity index (χ1) is 11.5. The van der Waals surface area contributed by atoms with Gasteiger partial charge in [-0.1, -0.05) is 47.1 Å². The molecule has 1 aliphatic rings. The number of rotatable bonds is 1. The van der Waals surface area contributed by atoms with Gasteiger partial charge < -0.3 is 4.90 Å². The predicted octanol–water partition coefficient (Wildman–Crippen LogP) is 5.51. The molecular weight excluding hydrogens is 359 g/mol. The zero-order valence-corrected chi connectivity index (χ0v) is 15.6. The minimum atomic E-state index is 0.573. The molecule has 0 N–H and O–H groups in total. The summed E-state index contributed by atoms with van der Waals surface area (Å²) in [6.45, 7) is 0. The average molecular weight is 374 g/mol. The fourth-order valence-electron chi connectivity index (χ4n) is 2.92. The van der Waals surface area contributed by atoms with E-state index in [0.29, 0.717) is 10.0 Å². The fraction of sp³-hybridized carbons (Fsp3) is 0.105. The lowest BCUT2D eigenvalue weighted by molar-refractivity contribution is -0.646. The number of aryl methyl sites for hydroxylation is 1. The molecule has 2 aromatic carbocycles. The zero-order chi connectivity index (χ0) is 16.8. The standard InChI is InChI=1S/C19H15Cl2N2S/c1-22-13(8-7-12-9-14(20)15(21)11-17(12)22)10-19-23(2)16-5-3-4-6-18(16)24-19/h3-11H,1-2H3/q+1. The quantitative estimate of drug-likeness (QED) is 0.519. The Labute approximate surface area is 155 Å². The Balaban J connectivity index is 1.81. The molecule has 0 bridgehead atoms. The van der Waals surface area contributed by atoms with Crippen LogP contribution in [0.15, 0.2) is 58.5 Å². The van der Waals surface area contributed by atoms with E-state index in [9.17, 15) is 0 Å². The third-order valence-corrected chi connectivity index (χ3v) is 6.18. The third-order valence-electron chi connectivity index (χ3n) is 4.29. The van der Waals surface area contributed by atoms with Gasteiger partial charge in [-0.05, 0) is 24.3 Å². The third kappa shape index (κ3) is 2.57. The van der Waals surface area contributed by atoms with Crippen molar-refractivity contribution in [1.29, 1.82) is 0 Å². The summed E-state index contributed by atoms with van der Waals surface area (Å²) in [7, 11) is 4.15. The van der Waals surface area contributed by atoms with Gasteiger partial charge >= 0.3 is 0 Å². The number of nitrogens with zero attached hydrogens (tertiary/aromatic N) is 2. The number of halogens is 2. The maximum Gasteiger partial charge on any atom is 0.214 e. The number of anilines is 1. The molecule has 1 aliphatic heterocycles. The van der Waals surface area contributed by atoms with Crippen LogP contribution in [0.3, 0.4) is 0 Å². The lowest BCUT2D eigenvalue weighted by Gasteiger charge is -2.12. The van der Waals surface area contributed by atoms with Crippen molar-refractivity contribution in [2.75, 3.05) is 11.9 Å². The van der Waals surface area contributed by atoms with Crippen molar-refractivity contribution in [2.45, 2.75) is 4.90 Å². The lowest BCUT2D eigenvalue weighted by atomic mass is 10.2. The summed E-state index contributed by atoms with van der Waals surface area (Å²) in [5.41, 5.74) is 3.41. The van der Waals surface area contributed by atoms with Crippen molar-refractivity contribution in [3.05, 3.63) is 69.3 Å². The Bertz CT molecular complexity index is 998. The van der Waals surface area contributed by atoms with Gasteiger partial charge in [0.25, 0.3) is 0 Å². The normalized spacial score (nSPS) is 15.3. The smallest absolute Gasteiger partial charge is 0.214 e. The van der Waals surface area contributed by atoms with Gasteiger partial charge in [-0.25, -0.2) is 0 Å². The van der Waals surface area contributed by atoms with E-state index >= 15 is 0 Å². The topological polar surface area (TPSA) is 7.12 Å². The molecule has 0 fully saturated rings. The van der Waals surface area contributed by atoms with Crippen molar-refractivity contribution in [1.82, 2.24) is 0 Å². The molecular formula is C19H15Cl2N2S+. The SMILES string of the molecule is CN1/C(=C/c2ccc3cc(Cl)c(Cl)cc3[n+]2C)Sc2ccccc21. The van der Waals surface area contributed by atoms with Gasteiger partial charge in [0, 0.05) is 35.5 Å². The molecule has 0 spiro atoms. The summed E-state index contributed by atoms with van der Waals surface area (Å²) in [5, 5.41) is 3.43. The van der Waals surface area contributed by atoms with Gasteiger partial charge in [-0.2, -0.15) is 4.57 Å². The van der Waals surface area contributed by atoms with Gasteiger partial charge in [0.2, 0.25) is 11.2 Å². The van der Waals surface area contributed by atoms with Crippen molar-refractivity contribution >= 4 is 57.6 Å². The number of hydrogen-bond acceptors (Lipinski definition) is 2. The Morgan fingerprint density at radius 1 is 1.04 bits per heavy atom. The summed E-state index contributed by atoms with van der Waals surface area (Å²) in [6.07, 6.45) is 2.20. The minimum absolute atomic E-state index is 0.573. The van der Waals surface area contributed by atoms with E-state index in [1.165, 1.54) is 15.6 Å². The minimum Gasteiger partial charge on any atom is -0.338 e. The highest BCUT2D eigenvalue weighted by atomic mass is 35.5. The molecule has 0 amide bonds. The van der Waals surface area contributed by atoms with E-state index in [1.807, 2.05) is 19.2 Å². The highest BCUT2D eigenvalue weighted by Crippen LogP contribution is 2.45. The van der Waals surface area contributed by atoms with Crippen LogP contribution in [0.5, 0.6) is 0 Å². The summed E-state index contributed by atoms with van der Waals surface area (Å²) in [6, 6.07) is 16.5. The molecule has 0 atom stereocenters. The number of hydrogen-bond donors (Lipinski definition) is 0. The van der Waals surface area contributed by atoms with E-state index in [0.717, 1.165) is 16.6 Å². The number of para-hydroxylation sites is 1. The molecule has 120 valence electrons. The molecule has 0 radical (unpaired) electrons. The highest BCUT2D eigenvalue weighted by Gasteiger charge is 2.23. The van der Waals surface area contributed by atoms with Crippen LogP contribution >= 0.6 is 35.0 Å². The Hall–Kier alpha value is -1.68. The maximum absolute atomic E-state index is 6.19. The molecule has 2 heterocycles. The molecule has 0 unspecified atom stereocenters. The molecule has 0 saturated carbocycles. The van der Waals surface area contributed by atoms with E-state index in [4.69, 9.17) is 23.2 Å². The first kappa shape index (κ1) is 15.8. The van der Waals surface area contributed by atoms with Gasteiger partial charge in [0.15, 0.2) is 0 Å². The van der Waals surface area contributed by atoms with Crippen LogP contribution in [0.4, 0.5) is 5.69 Å². The fourth-order valence-corrected chi connectivity index (χ4v) is 4.35. The molecule has 4 rings (SSSR count).